The maximum atomic E-state index is 2.58. The summed E-state index contributed by atoms with van der Waals surface area (Å²) in [6, 6.07) is 54.8. The van der Waals surface area contributed by atoms with E-state index in [0.717, 1.165) is 0 Å². The highest BCUT2D eigenvalue weighted by Crippen LogP contribution is 2.55. The Labute approximate surface area is 264 Å². The van der Waals surface area contributed by atoms with Crippen molar-refractivity contribution in [2.75, 3.05) is 0 Å². The zero-order valence-electron chi connectivity index (χ0n) is 25.3. The highest BCUT2D eigenvalue weighted by atomic mass is 31.1. The average molecular weight is 592 g/mol. The minimum Gasteiger partial charge on any atom is -0.308 e. The first-order valence-corrected chi connectivity index (χ1v) is 17.1. The topological polar surface area (TPSA) is 4.93 Å². The fraction of sp³-hybridized carbons (Fsp3) is 0.0698. The molecule has 1 nitrogen and oxygen atoms in total. The molecule has 0 radical (unpaired) electrons. The van der Waals surface area contributed by atoms with E-state index < -0.39 is 7.92 Å². The Morgan fingerprint density at radius 3 is 2.20 bits per heavy atom. The largest absolute Gasteiger partial charge is 0.308 e. The number of hydrogen-bond acceptors (Lipinski definition) is 0. The second-order valence-electron chi connectivity index (χ2n) is 13.0. The Kier molecular flexibility index (Phi) is 5.09. The normalized spacial score (nSPS) is 15.7. The Balaban J connectivity index is 1.41. The van der Waals surface area contributed by atoms with E-state index in [4.69, 9.17) is 0 Å². The summed E-state index contributed by atoms with van der Waals surface area (Å²) in [7, 11) is -0.894. The van der Waals surface area contributed by atoms with Crippen LogP contribution in [0.3, 0.4) is 0 Å². The maximum absolute atomic E-state index is 2.58. The maximum Gasteiger partial charge on any atom is 0.0625 e. The van der Waals surface area contributed by atoms with Crippen molar-refractivity contribution in [2.24, 2.45) is 0 Å². The number of rotatable bonds is 2. The number of aromatic nitrogens is 1. The highest BCUT2D eigenvalue weighted by Gasteiger charge is 2.41. The third-order valence-corrected chi connectivity index (χ3v) is 12.8. The van der Waals surface area contributed by atoms with Gasteiger partial charge >= 0.3 is 0 Å². The van der Waals surface area contributed by atoms with Crippen LogP contribution in [0.4, 0.5) is 0 Å². The predicted molar refractivity (Wildman–Crippen MR) is 194 cm³/mol. The van der Waals surface area contributed by atoms with Crippen molar-refractivity contribution >= 4 is 56.4 Å². The van der Waals surface area contributed by atoms with Crippen LogP contribution in [-0.2, 0) is 5.41 Å². The number of nitrogens with zero attached hydrogens (tertiary/aromatic N) is 1. The molecule has 212 valence electrons. The number of hydrogen-bond donors (Lipinski definition) is 0. The van der Waals surface area contributed by atoms with Crippen molar-refractivity contribution in [3.05, 3.63) is 157 Å². The van der Waals surface area contributed by atoms with Crippen LogP contribution in [0.1, 0.15) is 25.0 Å². The first kappa shape index (κ1) is 25.4. The third-order valence-electron chi connectivity index (χ3n) is 10.3. The lowest BCUT2D eigenvalue weighted by Crippen LogP contribution is -2.31. The molecular formula is C43H30NP. The van der Waals surface area contributed by atoms with E-state index >= 15 is 0 Å². The van der Waals surface area contributed by atoms with E-state index in [1.54, 1.807) is 0 Å². The molecule has 1 aliphatic carbocycles. The average Bonchev–Trinajstić information content (AvgIpc) is 3.55. The van der Waals surface area contributed by atoms with Gasteiger partial charge in [0.25, 0.3) is 0 Å². The second-order valence-corrected chi connectivity index (χ2v) is 15.1. The standard InChI is InChI=1S/C43H30NP/c1-43(2)35-18-10-8-17-33(35)40-36(43)22-23-38-42(40)45(31-21-20-28-14-6-7-15-29(28)24-31)39-26-30(27-12-4-3-5-13-27)25-34-32-16-9-11-19-37(32)44(38)41(34)39/h3-26H,1-2H3. The fourth-order valence-electron chi connectivity index (χ4n) is 8.17. The third kappa shape index (κ3) is 3.37. The molecule has 0 N–H and O–H groups in total. The van der Waals surface area contributed by atoms with E-state index in [1.165, 1.54) is 87.6 Å². The summed E-state index contributed by atoms with van der Waals surface area (Å²) < 4.78 is 2.58. The molecule has 0 amide bonds. The molecule has 8 aromatic rings. The van der Waals surface area contributed by atoms with Crippen molar-refractivity contribution in [1.29, 1.82) is 0 Å². The number of benzene rings is 7. The van der Waals surface area contributed by atoms with Gasteiger partial charge in [-0.2, -0.15) is 0 Å². The van der Waals surface area contributed by atoms with Gasteiger partial charge in [-0.15, -0.1) is 0 Å². The lowest BCUT2D eigenvalue weighted by atomic mass is 9.82. The Morgan fingerprint density at radius 2 is 1.31 bits per heavy atom. The molecule has 7 aromatic carbocycles. The van der Waals surface area contributed by atoms with Gasteiger partial charge in [0.15, 0.2) is 0 Å². The molecule has 0 bridgehead atoms. The molecule has 2 aliphatic rings. The molecule has 1 atom stereocenters. The quantitative estimate of drug-likeness (QED) is 0.176. The number of para-hydroxylation sites is 1. The van der Waals surface area contributed by atoms with Crippen LogP contribution in [0.15, 0.2) is 146 Å². The summed E-state index contributed by atoms with van der Waals surface area (Å²) in [5.41, 5.74) is 12.1. The highest BCUT2D eigenvalue weighted by molar-refractivity contribution is 7.80. The molecule has 0 saturated carbocycles. The van der Waals surface area contributed by atoms with Crippen LogP contribution in [0.25, 0.3) is 60.5 Å². The molecule has 0 fully saturated rings. The van der Waals surface area contributed by atoms with Gasteiger partial charge < -0.3 is 4.57 Å². The van der Waals surface area contributed by atoms with Crippen molar-refractivity contribution in [1.82, 2.24) is 4.57 Å². The fourth-order valence-corrected chi connectivity index (χ4v) is 11.0. The van der Waals surface area contributed by atoms with Crippen LogP contribution in [0, 0.1) is 0 Å². The van der Waals surface area contributed by atoms with Crippen LogP contribution < -0.4 is 15.9 Å². The molecule has 1 unspecified atom stereocenters. The molecule has 0 saturated heterocycles. The van der Waals surface area contributed by atoms with Gasteiger partial charge in [0, 0.05) is 26.8 Å². The van der Waals surface area contributed by atoms with Gasteiger partial charge in [-0.25, -0.2) is 0 Å². The van der Waals surface area contributed by atoms with Gasteiger partial charge in [0.05, 0.1) is 16.7 Å². The van der Waals surface area contributed by atoms with E-state index in [0.29, 0.717) is 0 Å². The number of fused-ring (bicyclic) bond motifs is 10. The monoisotopic (exact) mass is 591 g/mol. The smallest absolute Gasteiger partial charge is 0.0625 e. The SMILES string of the molecule is CC1(C)c2ccccc2-c2c1ccc1c2P(c2ccc3ccccc3c2)c2cc(-c3ccccc3)cc3c4ccccc4n-1c23. The first-order valence-electron chi connectivity index (χ1n) is 15.8. The van der Waals surface area contributed by atoms with Gasteiger partial charge in [-0.05, 0) is 87.7 Å². The van der Waals surface area contributed by atoms with Crippen molar-refractivity contribution < 1.29 is 0 Å². The predicted octanol–water partition coefficient (Wildman–Crippen LogP) is 9.98. The summed E-state index contributed by atoms with van der Waals surface area (Å²) in [6.45, 7) is 4.80. The molecule has 0 spiro atoms. The van der Waals surface area contributed by atoms with E-state index in [-0.39, 0.29) is 5.41 Å². The van der Waals surface area contributed by atoms with Crippen molar-refractivity contribution in [2.45, 2.75) is 19.3 Å². The first-order chi connectivity index (χ1) is 22.1. The van der Waals surface area contributed by atoms with Gasteiger partial charge in [-0.1, -0.05) is 129 Å². The van der Waals surface area contributed by atoms with Crippen molar-refractivity contribution in [3.8, 4) is 27.9 Å². The summed E-state index contributed by atoms with van der Waals surface area (Å²) in [6.07, 6.45) is 0. The molecular weight excluding hydrogens is 561 g/mol. The van der Waals surface area contributed by atoms with Crippen molar-refractivity contribution in [3.63, 3.8) is 0 Å². The molecule has 1 aliphatic heterocycles. The summed E-state index contributed by atoms with van der Waals surface area (Å²) >= 11 is 0. The molecule has 2 heterocycles. The van der Waals surface area contributed by atoms with E-state index in [1.807, 2.05) is 0 Å². The second kappa shape index (κ2) is 9.04. The summed E-state index contributed by atoms with van der Waals surface area (Å²) in [5, 5.41) is 9.57. The Hall–Kier alpha value is -4.97. The minimum atomic E-state index is -0.894. The Morgan fingerprint density at radius 1 is 0.556 bits per heavy atom. The molecule has 1 aromatic heterocycles. The molecule has 45 heavy (non-hydrogen) atoms. The van der Waals surface area contributed by atoms with Crippen LogP contribution in [0.2, 0.25) is 0 Å². The molecule has 10 rings (SSSR count). The zero-order chi connectivity index (χ0) is 29.9. The van der Waals surface area contributed by atoms with Crippen LogP contribution in [0.5, 0.6) is 0 Å². The summed E-state index contributed by atoms with van der Waals surface area (Å²) in [5.74, 6) is 0. The van der Waals surface area contributed by atoms with Gasteiger partial charge in [0.1, 0.15) is 0 Å². The summed E-state index contributed by atoms with van der Waals surface area (Å²) in [4.78, 5) is 0. The minimum absolute atomic E-state index is 0.0639. The molecule has 2 heteroatoms. The zero-order valence-corrected chi connectivity index (χ0v) is 26.1. The van der Waals surface area contributed by atoms with Crippen LogP contribution >= 0.6 is 7.92 Å². The van der Waals surface area contributed by atoms with Gasteiger partial charge in [-0.3, -0.25) is 0 Å². The van der Waals surface area contributed by atoms with Crippen LogP contribution in [-0.4, -0.2) is 4.57 Å². The lowest BCUT2D eigenvalue weighted by molar-refractivity contribution is 0.660. The lowest BCUT2D eigenvalue weighted by Gasteiger charge is -2.32. The van der Waals surface area contributed by atoms with Gasteiger partial charge in [0.2, 0.25) is 0 Å². The van der Waals surface area contributed by atoms with E-state index in [9.17, 15) is 0 Å². The van der Waals surface area contributed by atoms with E-state index in [2.05, 4.69) is 164 Å². The Bertz CT molecular complexity index is 2520.